The molecule has 62 valence electrons. The van der Waals surface area contributed by atoms with E-state index in [-0.39, 0.29) is 0 Å². The molecule has 0 bridgehead atoms. The van der Waals surface area contributed by atoms with E-state index in [9.17, 15) is 0 Å². The first kappa shape index (κ1) is 8.38. The SMILES string of the molecule is C=C1/C(=C(/C)N)C(C)CC1C. The average Bonchev–Trinajstić information content (AvgIpc) is 2.07. The maximum atomic E-state index is 5.76. The highest BCUT2D eigenvalue weighted by Gasteiger charge is 2.27. The second kappa shape index (κ2) is 2.72. The Labute approximate surface area is 69.0 Å². The van der Waals surface area contributed by atoms with Gasteiger partial charge in [-0.15, -0.1) is 0 Å². The molecule has 2 unspecified atom stereocenters. The van der Waals surface area contributed by atoms with Crippen LogP contribution in [-0.4, -0.2) is 0 Å². The fourth-order valence-electron chi connectivity index (χ4n) is 2.01. The lowest BCUT2D eigenvalue weighted by atomic mass is 10.0. The van der Waals surface area contributed by atoms with Crippen molar-refractivity contribution >= 4 is 0 Å². The highest BCUT2D eigenvalue weighted by Crippen LogP contribution is 2.39. The topological polar surface area (TPSA) is 26.0 Å². The third-order valence-electron chi connectivity index (χ3n) is 2.57. The van der Waals surface area contributed by atoms with Crippen LogP contribution in [0.2, 0.25) is 0 Å². The zero-order valence-electron chi connectivity index (χ0n) is 7.65. The molecular weight excluding hydrogens is 134 g/mol. The summed E-state index contributed by atoms with van der Waals surface area (Å²) in [6.45, 7) is 10.5. The number of nitrogens with two attached hydrogens (primary N) is 1. The van der Waals surface area contributed by atoms with Crippen molar-refractivity contribution < 1.29 is 0 Å². The van der Waals surface area contributed by atoms with Crippen molar-refractivity contribution in [2.24, 2.45) is 17.6 Å². The van der Waals surface area contributed by atoms with Crippen LogP contribution in [0.25, 0.3) is 0 Å². The van der Waals surface area contributed by atoms with E-state index in [1.807, 2.05) is 6.92 Å². The molecule has 0 radical (unpaired) electrons. The molecule has 0 aromatic heterocycles. The zero-order chi connectivity index (χ0) is 8.59. The van der Waals surface area contributed by atoms with E-state index >= 15 is 0 Å². The Bertz CT molecular complexity index is 209. The fourth-order valence-corrected chi connectivity index (χ4v) is 2.01. The predicted octanol–water partition coefficient (Wildman–Crippen LogP) is 2.45. The Morgan fingerprint density at radius 3 is 2.18 bits per heavy atom. The van der Waals surface area contributed by atoms with Crippen molar-refractivity contribution in [3.05, 3.63) is 23.4 Å². The Balaban J connectivity index is 2.99. The van der Waals surface area contributed by atoms with Crippen LogP contribution in [0.4, 0.5) is 0 Å². The van der Waals surface area contributed by atoms with Crippen molar-refractivity contribution in [3.8, 4) is 0 Å². The van der Waals surface area contributed by atoms with Crippen molar-refractivity contribution in [2.45, 2.75) is 27.2 Å². The minimum atomic E-state index is 0.613. The van der Waals surface area contributed by atoms with Gasteiger partial charge in [0.05, 0.1) is 0 Å². The Morgan fingerprint density at radius 2 is 2.00 bits per heavy atom. The lowest BCUT2D eigenvalue weighted by Gasteiger charge is -2.07. The molecule has 1 aliphatic rings. The van der Waals surface area contributed by atoms with Crippen LogP contribution in [-0.2, 0) is 0 Å². The third-order valence-corrected chi connectivity index (χ3v) is 2.57. The molecule has 11 heavy (non-hydrogen) atoms. The van der Waals surface area contributed by atoms with Crippen LogP contribution in [0, 0.1) is 11.8 Å². The summed E-state index contributed by atoms with van der Waals surface area (Å²) in [5.41, 5.74) is 9.26. The average molecular weight is 151 g/mol. The quantitative estimate of drug-likeness (QED) is 0.565. The normalized spacial score (nSPS) is 36.1. The molecule has 1 rings (SSSR count). The summed E-state index contributed by atoms with van der Waals surface area (Å²) in [6.07, 6.45) is 1.21. The fraction of sp³-hybridized carbons (Fsp3) is 0.600. The molecule has 2 N–H and O–H groups in total. The Hall–Kier alpha value is -0.720. The van der Waals surface area contributed by atoms with Gasteiger partial charge in [-0.25, -0.2) is 0 Å². The van der Waals surface area contributed by atoms with E-state index in [0.717, 1.165) is 5.70 Å². The van der Waals surface area contributed by atoms with E-state index < -0.39 is 0 Å². The summed E-state index contributed by atoms with van der Waals surface area (Å²) >= 11 is 0. The number of hydrogen-bond acceptors (Lipinski definition) is 1. The van der Waals surface area contributed by atoms with E-state index in [1.54, 1.807) is 0 Å². The second-order valence-electron chi connectivity index (χ2n) is 3.66. The van der Waals surface area contributed by atoms with Gasteiger partial charge in [-0.2, -0.15) is 0 Å². The van der Waals surface area contributed by atoms with E-state index in [2.05, 4.69) is 20.4 Å². The molecule has 0 heterocycles. The molecule has 1 heteroatoms. The van der Waals surface area contributed by atoms with Crippen molar-refractivity contribution in [3.63, 3.8) is 0 Å². The molecule has 0 saturated heterocycles. The van der Waals surface area contributed by atoms with Gasteiger partial charge in [0.15, 0.2) is 0 Å². The summed E-state index contributed by atoms with van der Waals surface area (Å²) in [5.74, 6) is 1.24. The minimum absolute atomic E-state index is 0.613. The molecular formula is C10H17N. The molecule has 0 aliphatic heterocycles. The van der Waals surface area contributed by atoms with Crippen LogP contribution in [0.3, 0.4) is 0 Å². The van der Waals surface area contributed by atoms with Crippen LogP contribution in [0.15, 0.2) is 23.4 Å². The van der Waals surface area contributed by atoms with Crippen LogP contribution in [0.5, 0.6) is 0 Å². The van der Waals surface area contributed by atoms with E-state index in [1.165, 1.54) is 17.6 Å². The highest BCUT2D eigenvalue weighted by atomic mass is 14.6. The smallest absolute Gasteiger partial charge is 0.00868 e. The van der Waals surface area contributed by atoms with Gasteiger partial charge in [0.25, 0.3) is 0 Å². The van der Waals surface area contributed by atoms with Gasteiger partial charge in [0.2, 0.25) is 0 Å². The van der Waals surface area contributed by atoms with Crippen LogP contribution >= 0.6 is 0 Å². The van der Waals surface area contributed by atoms with Crippen LogP contribution in [0.1, 0.15) is 27.2 Å². The lowest BCUT2D eigenvalue weighted by molar-refractivity contribution is 0.593. The predicted molar refractivity (Wildman–Crippen MR) is 49.0 cm³/mol. The van der Waals surface area contributed by atoms with Gasteiger partial charge in [-0.05, 0) is 36.3 Å². The maximum absolute atomic E-state index is 5.76. The Kier molecular flexibility index (Phi) is 2.08. The largest absolute Gasteiger partial charge is 0.402 e. The van der Waals surface area contributed by atoms with Gasteiger partial charge >= 0.3 is 0 Å². The molecule has 2 atom stereocenters. The summed E-state index contributed by atoms with van der Waals surface area (Å²) in [6, 6.07) is 0. The molecule has 1 saturated carbocycles. The zero-order valence-corrected chi connectivity index (χ0v) is 7.65. The third kappa shape index (κ3) is 1.32. The van der Waals surface area contributed by atoms with Crippen molar-refractivity contribution in [1.82, 2.24) is 0 Å². The van der Waals surface area contributed by atoms with Crippen molar-refractivity contribution in [1.29, 1.82) is 0 Å². The maximum Gasteiger partial charge on any atom is 0.00868 e. The molecule has 1 aliphatic carbocycles. The molecule has 0 spiro atoms. The summed E-state index contributed by atoms with van der Waals surface area (Å²) in [7, 11) is 0. The molecule has 0 aromatic carbocycles. The highest BCUT2D eigenvalue weighted by molar-refractivity contribution is 5.39. The van der Waals surface area contributed by atoms with Gasteiger partial charge in [-0.3, -0.25) is 0 Å². The van der Waals surface area contributed by atoms with Gasteiger partial charge in [0.1, 0.15) is 0 Å². The number of hydrogen-bond donors (Lipinski definition) is 1. The second-order valence-corrected chi connectivity index (χ2v) is 3.66. The van der Waals surface area contributed by atoms with Gasteiger partial charge in [-0.1, -0.05) is 20.4 Å². The summed E-state index contributed by atoms with van der Waals surface area (Å²) in [5, 5.41) is 0. The standard InChI is InChI=1S/C10H17N/c1-6-5-7(2)10(8(6)3)9(4)11/h6-7H,3,5,11H2,1-2,4H3/b10-9-. The minimum Gasteiger partial charge on any atom is -0.402 e. The molecule has 1 fully saturated rings. The van der Waals surface area contributed by atoms with E-state index in [0.29, 0.717) is 11.8 Å². The van der Waals surface area contributed by atoms with Gasteiger partial charge < -0.3 is 5.73 Å². The first-order valence-electron chi connectivity index (χ1n) is 4.19. The molecule has 0 aromatic rings. The monoisotopic (exact) mass is 151 g/mol. The summed E-state index contributed by atoms with van der Waals surface area (Å²) in [4.78, 5) is 0. The first-order chi connectivity index (χ1) is 5.04. The van der Waals surface area contributed by atoms with Gasteiger partial charge in [0, 0.05) is 5.70 Å². The molecule has 1 nitrogen and oxygen atoms in total. The van der Waals surface area contributed by atoms with Crippen molar-refractivity contribution in [2.75, 3.05) is 0 Å². The number of rotatable bonds is 0. The molecule has 0 amide bonds. The van der Waals surface area contributed by atoms with Crippen LogP contribution < -0.4 is 5.73 Å². The lowest BCUT2D eigenvalue weighted by Crippen LogP contribution is -2.01. The van der Waals surface area contributed by atoms with E-state index in [4.69, 9.17) is 5.73 Å². The number of allylic oxidation sites excluding steroid dienone is 3. The first-order valence-corrected chi connectivity index (χ1v) is 4.19. The Morgan fingerprint density at radius 1 is 1.45 bits per heavy atom. The summed E-state index contributed by atoms with van der Waals surface area (Å²) < 4.78 is 0.